The summed E-state index contributed by atoms with van der Waals surface area (Å²) in [6.07, 6.45) is -0.645. The minimum Gasteiger partial charge on any atom is -0.387 e. The van der Waals surface area contributed by atoms with Crippen LogP contribution < -0.4 is 10.6 Å². The Morgan fingerprint density at radius 3 is 2.67 bits per heavy atom. The standard InChI is InChI=1S/C24H24ClN7O4/c1-12(13-6-4-3-5-7-13)29-21-16-22(31-20(30-21)14-8-15(25)10-27-9-14)32(11-28-16)24-18(34)17(33)19(36-24)23(35)26-2/h3-12,17-19,24,33-34H,1-2H3,(H,26,35)(H,29,30,31)/t12-,17-,18+,19-,24+/m0/s1. The summed E-state index contributed by atoms with van der Waals surface area (Å²) in [6.45, 7) is 2.00. The van der Waals surface area contributed by atoms with Gasteiger partial charge in [0, 0.05) is 25.0 Å². The molecule has 1 aromatic carbocycles. The van der Waals surface area contributed by atoms with E-state index in [2.05, 4.69) is 25.6 Å². The van der Waals surface area contributed by atoms with Crippen LogP contribution in [0, 0.1) is 0 Å². The van der Waals surface area contributed by atoms with Crippen LogP contribution in [0.25, 0.3) is 22.6 Å². The average Bonchev–Trinajstić information content (AvgIpc) is 3.45. The van der Waals surface area contributed by atoms with Gasteiger partial charge >= 0.3 is 0 Å². The maximum absolute atomic E-state index is 12.1. The molecular weight excluding hydrogens is 486 g/mol. The van der Waals surface area contributed by atoms with Gasteiger partial charge in [0.05, 0.1) is 17.4 Å². The lowest BCUT2D eigenvalue weighted by molar-refractivity contribution is -0.137. The van der Waals surface area contributed by atoms with Crippen LogP contribution in [0.3, 0.4) is 0 Å². The second kappa shape index (κ2) is 9.78. The summed E-state index contributed by atoms with van der Waals surface area (Å²) in [4.78, 5) is 30.1. The third-order valence-electron chi connectivity index (χ3n) is 6.05. The van der Waals surface area contributed by atoms with Gasteiger partial charge in [-0.25, -0.2) is 15.0 Å². The average molecular weight is 510 g/mol. The van der Waals surface area contributed by atoms with E-state index in [9.17, 15) is 15.0 Å². The Balaban J connectivity index is 1.61. The highest BCUT2D eigenvalue weighted by Crippen LogP contribution is 2.34. The number of pyridine rings is 1. The number of fused-ring (bicyclic) bond motifs is 1. The Morgan fingerprint density at radius 2 is 1.94 bits per heavy atom. The Labute approximate surface area is 211 Å². The first kappa shape index (κ1) is 24.1. The van der Waals surface area contributed by atoms with Gasteiger partial charge in [-0.3, -0.25) is 14.3 Å². The SMILES string of the molecule is CNC(=O)[C@H]1O[C@@H](n2cnc3c(N[C@@H](C)c4ccccc4)nc(-c4cncc(Cl)c4)nc32)[C@H](O)[C@@H]1O. The van der Waals surface area contributed by atoms with Gasteiger partial charge in [-0.1, -0.05) is 41.9 Å². The molecule has 1 amide bonds. The van der Waals surface area contributed by atoms with E-state index < -0.39 is 30.4 Å². The maximum Gasteiger partial charge on any atom is 0.251 e. The Bertz CT molecular complexity index is 1400. The first-order chi connectivity index (χ1) is 17.4. The summed E-state index contributed by atoms with van der Waals surface area (Å²) in [7, 11) is 1.43. The normalized spacial score (nSPS) is 22.5. The van der Waals surface area contributed by atoms with Crippen LogP contribution in [-0.4, -0.2) is 66.0 Å². The number of aliphatic hydroxyl groups excluding tert-OH is 2. The molecule has 3 aromatic heterocycles. The maximum atomic E-state index is 12.1. The summed E-state index contributed by atoms with van der Waals surface area (Å²) >= 11 is 6.16. The second-order valence-electron chi connectivity index (χ2n) is 8.43. The van der Waals surface area contributed by atoms with Gasteiger partial charge in [0.1, 0.15) is 12.2 Å². The van der Waals surface area contributed by atoms with Gasteiger partial charge in [-0.05, 0) is 18.6 Å². The van der Waals surface area contributed by atoms with Crippen molar-refractivity contribution in [2.75, 3.05) is 12.4 Å². The molecular formula is C24H24ClN7O4. The minimum absolute atomic E-state index is 0.118. The van der Waals surface area contributed by atoms with Crippen molar-refractivity contribution < 1.29 is 19.7 Å². The predicted octanol–water partition coefficient (Wildman–Crippen LogP) is 2.08. The molecule has 0 spiro atoms. The number of nitrogens with zero attached hydrogens (tertiary/aromatic N) is 5. The fraction of sp³-hybridized carbons (Fsp3) is 0.292. The highest BCUT2D eigenvalue weighted by Gasteiger charge is 2.47. The Hall–Kier alpha value is -3.64. The van der Waals surface area contributed by atoms with Crippen molar-refractivity contribution in [2.45, 2.75) is 37.5 Å². The van der Waals surface area contributed by atoms with E-state index in [0.717, 1.165) is 5.56 Å². The highest BCUT2D eigenvalue weighted by molar-refractivity contribution is 6.30. The zero-order valence-corrected chi connectivity index (χ0v) is 20.2. The number of benzene rings is 1. The molecule has 0 unspecified atom stereocenters. The molecule has 4 N–H and O–H groups in total. The lowest BCUT2D eigenvalue weighted by Crippen LogP contribution is -2.41. The zero-order valence-electron chi connectivity index (χ0n) is 19.4. The summed E-state index contributed by atoms with van der Waals surface area (Å²) in [5.74, 6) is 0.215. The number of halogens is 1. The van der Waals surface area contributed by atoms with Gasteiger partial charge in [0.2, 0.25) is 0 Å². The summed E-state index contributed by atoms with van der Waals surface area (Å²) in [6, 6.07) is 11.4. The Morgan fingerprint density at radius 1 is 1.17 bits per heavy atom. The number of carbonyl (C=O) groups excluding carboxylic acids is 1. The Kier molecular flexibility index (Phi) is 6.54. The van der Waals surface area contributed by atoms with Gasteiger partial charge in [-0.2, -0.15) is 0 Å². The third kappa shape index (κ3) is 4.37. The van der Waals surface area contributed by atoms with E-state index in [-0.39, 0.29) is 6.04 Å². The molecule has 36 heavy (non-hydrogen) atoms. The van der Waals surface area contributed by atoms with E-state index in [0.29, 0.717) is 33.4 Å². The molecule has 12 heteroatoms. The number of ether oxygens (including phenoxy) is 1. The summed E-state index contributed by atoms with van der Waals surface area (Å²) in [5.41, 5.74) is 2.37. The monoisotopic (exact) mass is 509 g/mol. The molecule has 1 fully saturated rings. The number of carbonyl (C=O) groups is 1. The van der Waals surface area contributed by atoms with Crippen molar-refractivity contribution in [3.63, 3.8) is 0 Å². The van der Waals surface area contributed by atoms with Crippen LogP contribution >= 0.6 is 11.6 Å². The molecule has 0 bridgehead atoms. The van der Waals surface area contributed by atoms with E-state index in [4.69, 9.17) is 21.3 Å². The van der Waals surface area contributed by atoms with Crippen molar-refractivity contribution >= 4 is 34.5 Å². The number of anilines is 1. The van der Waals surface area contributed by atoms with Crippen LogP contribution in [-0.2, 0) is 9.53 Å². The first-order valence-corrected chi connectivity index (χ1v) is 11.7. The predicted molar refractivity (Wildman–Crippen MR) is 132 cm³/mol. The quantitative estimate of drug-likeness (QED) is 0.306. The van der Waals surface area contributed by atoms with Crippen molar-refractivity contribution in [2.24, 2.45) is 0 Å². The van der Waals surface area contributed by atoms with Crippen LogP contribution in [0.5, 0.6) is 0 Å². The zero-order chi connectivity index (χ0) is 25.4. The fourth-order valence-electron chi connectivity index (χ4n) is 4.15. The first-order valence-electron chi connectivity index (χ1n) is 11.3. The summed E-state index contributed by atoms with van der Waals surface area (Å²) in [5, 5.41) is 27.4. The van der Waals surface area contributed by atoms with Crippen molar-refractivity contribution in [1.29, 1.82) is 0 Å². The number of nitrogens with one attached hydrogen (secondary N) is 2. The van der Waals surface area contributed by atoms with Gasteiger partial charge in [-0.15, -0.1) is 0 Å². The molecule has 5 atom stereocenters. The molecule has 1 saturated heterocycles. The molecule has 4 heterocycles. The van der Waals surface area contributed by atoms with Crippen molar-refractivity contribution in [3.8, 4) is 11.4 Å². The molecule has 0 aliphatic carbocycles. The molecule has 1 aliphatic rings. The number of hydrogen-bond donors (Lipinski definition) is 4. The smallest absolute Gasteiger partial charge is 0.251 e. The molecule has 5 rings (SSSR count). The largest absolute Gasteiger partial charge is 0.387 e. The highest BCUT2D eigenvalue weighted by atomic mass is 35.5. The van der Waals surface area contributed by atoms with Crippen LogP contribution in [0.15, 0.2) is 55.1 Å². The van der Waals surface area contributed by atoms with E-state index in [1.807, 2.05) is 37.3 Å². The molecule has 0 saturated carbocycles. The number of hydrogen-bond acceptors (Lipinski definition) is 9. The minimum atomic E-state index is -1.43. The number of amides is 1. The van der Waals surface area contributed by atoms with Crippen LogP contribution in [0.1, 0.15) is 24.8 Å². The molecule has 11 nitrogen and oxygen atoms in total. The fourth-order valence-corrected chi connectivity index (χ4v) is 4.32. The van der Waals surface area contributed by atoms with Crippen LogP contribution in [0.4, 0.5) is 5.82 Å². The summed E-state index contributed by atoms with van der Waals surface area (Å²) < 4.78 is 7.22. The van der Waals surface area contributed by atoms with Crippen molar-refractivity contribution in [1.82, 2.24) is 29.8 Å². The van der Waals surface area contributed by atoms with E-state index in [1.54, 1.807) is 12.3 Å². The second-order valence-corrected chi connectivity index (χ2v) is 8.87. The molecule has 0 radical (unpaired) electrons. The number of imidazole rings is 1. The topological polar surface area (TPSA) is 147 Å². The number of aliphatic hydroxyl groups is 2. The number of rotatable bonds is 6. The number of aromatic nitrogens is 5. The molecule has 186 valence electrons. The third-order valence-corrected chi connectivity index (χ3v) is 6.26. The lowest BCUT2D eigenvalue weighted by atomic mass is 10.1. The van der Waals surface area contributed by atoms with E-state index >= 15 is 0 Å². The lowest BCUT2D eigenvalue weighted by Gasteiger charge is -2.18. The molecule has 1 aliphatic heterocycles. The van der Waals surface area contributed by atoms with E-state index in [1.165, 1.54) is 24.1 Å². The van der Waals surface area contributed by atoms with Gasteiger partial charge in [0.25, 0.3) is 5.91 Å². The van der Waals surface area contributed by atoms with Crippen molar-refractivity contribution in [3.05, 3.63) is 65.7 Å². The van der Waals surface area contributed by atoms with Gasteiger partial charge < -0.3 is 25.6 Å². The van der Waals surface area contributed by atoms with Crippen LogP contribution in [0.2, 0.25) is 5.02 Å². The number of likely N-dealkylation sites (N-methyl/N-ethyl adjacent to an activating group) is 1. The molecule has 4 aromatic rings. The van der Waals surface area contributed by atoms with Gasteiger partial charge in [0.15, 0.2) is 35.1 Å².